The summed E-state index contributed by atoms with van der Waals surface area (Å²) in [6, 6.07) is 5.82. The number of benzene rings is 1. The summed E-state index contributed by atoms with van der Waals surface area (Å²) in [5, 5.41) is 10.2. The summed E-state index contributed by atoms with van der Waals surface area (Å²) in [5.74, 6) is 0. The molecule has 2 N–H and O–H groups in total. The Morgan fingerprint density at radius 2 is 2.07 bits per heavy atom. The summed E-state index contributed by atoms with van der Waals surface area (Å²) in [6.45, 7) is 6.05. The average Bonchev–Trinajstić information content (AvgIpc) is 2.62. The van der Waals surface area contributed by atoms with E-state index in [2.05, 4.69) is 9.97 Å². The van der Waals surface area contributed by atoms with Gasteiger partial charge in [0.2, 0.25) is 0 Å². The van der Waals surface area contributed by atoms with Crippen LogP contribution in [0.4, 0.5) is 0 Å². The third-order valence-corrected chi connectivity index (χ3v) is 2.60. The van der Waals surface area contributed by atoms with Crippen molar-refractivity contribution in [2.45, 2.75) is 26.9 Å². The van der Waals surface area contributed by atoms with Gasteiger partial charge in [-0.2, -0.15) is 0 Å². The Morgan fingerprint density at radius 1 is 1.33 bits per heavy atom. The predicted octanol–water partition coefficient (Wildman–Crippen LogP) is 2.64. The molecule has 0 saturated heterocycles. The van der Waals surface area contributed by atoms with Gasteiger partial charge in [0.05, 0.1) is 23.5 Å². The molecular weight excluding hydrogens is 188 g/mol. The van der Waals surface area contributed by atoms with Crippen molar-refractivity contribution in [3.63, 3.8) is 0 Å². The van der Waals surface area contributed by atoms with Crippen LogP contribution in [-0.4, -0.2) is 15.1 Å². The first-order valence-electron chi connectivity index (χ1n) is 5.10. The molecule has 0 aliphatic heterocycles. The predicted molar refractivity (Wildman–Crippen MR) is 60.5 cm³/mol. The van der Waals surface area contributed by atoms with E-state index in [1.54, 1.807) is 6.33 Å². The van der Waals surface area contributed by atoms with Crippen molar-refractivity contribution >= 4 is 11.0 Å². The highest BCUT2D eigenvalue weighted by molar-refractivity contribution is 5.78. The van der Waals surface area contributed by atoms with Crippen LogP contribution >= 0.6 is 0 Å². The zero-order valence-electron chi connectivity index (χ0n) is 9.28. The molecule has 1 atom stereocenters. The van der Waals surface area contributed by atoms with Gasteiger partial charge in [-0.1, -0.05) is 32.9 Å². The lowest BCUT2D eigenvalue weighted by Gasteiger charge is -2.26. The van der Waals surface area contributed by atoms with Crippen LogP contribution in [0.5, 0.6) is 0 Å². The fourth-order valence-corrected chi connectivity index (χ4v) is 1.68. The molecule has 2 aromatic rings. The minimum Gasteiger partial charge on any atom is -0.388 e. The van der Waals surface area contributed by atoms with E-state index in [1.165, 1.54) is 0 Å². The van der Waals surface area contributed by atoms with E-state index < -0.39 is 6.10 Å². The molecule has 2 rings (SSSR count). The van der Waals surface area contributed by atoms with Gasteiger partial charge in [0.15, 0.2) is 0 Å². The first kappa shape index (κ1) is 10.2. The third kappa shape index (κ3) is 1.75. The summed E-state index contributed by atoms with van der Waals surface area (Å²) in [5.41, 5.74) is 2.55. The van der Waals surface area contributed by atoms with E-state index in [1.807, 2.05) is 39.0 Å². The van der Waals surface area contributed by atoms with Gasteiger partial charge in [-0.25, -0.2) is 4.98 Å². The molecular formula is C12H16N2O. The van der Waals surface area contributed by atoms with Crippen LogP contribution in [0.1, 0.15) is 32.4 Å². The maximum atomic E-state index is 10.2. The molecule has 0 bridgehead atoms. The molecule has 0 amide bonds. The smallest absolute Gasteiger partial charge is 0.0940 e. The Kier molecular flexibility index (Phi) is 2.27. The molecule has 0 fully saturated rings. The molecule has 1 aromatic carbocycles. The first-order valence-corrected chi connectivity index (χ1v) is 5.10. The number of hydrogen-bond acceptors (Lipinski definition) is 2. The maximum Gasteiger partial charge on any atom is 0.0940 e. The van der Waals surface area contributed by atoms with E-state index in [9.17, 15) is 5.11 Å². The summed E-state index contributed by atoms with van der Waals surface area (Å²) in [7, 11) is 0. The number of rotatable bonds is 1. The van der Waals surface area contributed by atoms with Crippen molar-refractivity contribution in [3.8, 4) is 0 Å². The number of nitrogens with zero attached hydrogens (tertiary/aromatic N) is 1. The molecule has 0 spiro atoms. The summed E-state index contributed by atoms with van der Waals surface area (Å²) in [6.07, 6.45) is 1.16. The molecule has 0 saturated carbocycles. The van der Waals surface area contributed by atoms with Gasteiger partial charge < -0.3 is 10.1 Å². The van der Waals surface area contributed by atoms with Crippen molar-refractivity contribution in [2.24, 2.45) is 5.41 Å². The second-order valence-corrected chi connectivity index (χ2v) is 4.91. The molecule has 3 nitrogen and oxygen atoms in total. The van der Waals surface area contributed by atoms with Crippen molar-refractivity contribution in [1.29, 1.82) is 0 Å². The van der Waals surface area contributed by atoms with Gasteiger partial charge in [0.1, 0.15) is 0 Å². The Bertz CT molecular complexity index is 468. The Balaban J connectivity index is 2.56. The van der Waals surface area contributed by atoms with Crippen LogP contribution in [0.2, 0.25) is 0 Å². The number of imidazole rings is 1. The fourth-order valence-electron chi connectivity index (χ4n) is 1.68. The summed E-state index contributed by atoms with van der Waals surface area (Å²) < 4.78 is 0. The first-order chi connectivity index (χ1) is 7.00. The van der Waals surface area contributed by atoms with E-state index in [0.29, 0.717) is 0 Å². The number of hydrogen-bond donors (Lipinski definition) is 2. The average molecular weight is 204 g/mol. The van der Waals surface area contributed by atoms with E-state index in [4.69, 9.17) is 0 Å². The standard InChI is InChI=1S/C12H16N2O/c1-12(2,3)11(15)8-5-4-6-9-10(8)14-7-13-9/h4-7,11,15H,1-3H3,(H,13,14). The largest absolute Gasteiger partial charge is 0.388 e. The van der Waals surface area contributed by atoms with Gasteiger partial charge in [-0.05, 0) is 11.5 Å². The molecule has 1 aromatic heterocycles. The van der Waals surface area contributed by atoms with Gasteiger partial charge in [0.25, 0.3) is 0 Å². The quantitative estimate of drug-likeness (QED) is 0.750. The van der Waals surface area contributed by atoms with Gasteiger partial charge in [0, 0.05) is 5.56 Å². The molecule has 0 aliphatic rings. The SMILES string of the molecule is CC(C)(C)C(O)c1cccc2[nH]cnc12. The Labute approximate surface area is 89.2 Å². The van der Waals surface area contributed by atoms with Crippen molar-refractivity contribution < 1.29 is 5.11 Å². The van der Waals surface area contributed by atoms with E-state index in [0.717, 1.165) is 16.6 Å². The zero-order chi connectivity index (χ0) is 11.1. The van der Waals surface area contributed by atoms with Crippen LogP contribution < -0.4 is 0 Å². The molecule has 3 heteroatoms. The van der Waals surface area contributed by atoms with Gasteiger partial charge in [-0.3, -0.25) is 0 Å². The Hall–Kier alpha value is -1.35. The normalized spacial score (nSPS) is 14.4. The summed E-state index contributed by atoms with van der Waals surface area (Å²) >= 11 is 0. The second-order valence-electron chi connectivity index (χ2n) is 4.91. The lowest BCUT2D eigenvalue weighted by molar-refractivity contribution is 0.0638. The highest BCUT2D eigenvalue weighted by Gasteiger charge is 2.25. The van der Waals surface area contributed by atoms with Crippen molar-refractivity contribution in [1.82, 2.24) is 9.97 Å². The van der Waals surface area contributed by atoms with E-state index in [-0.39, 0.29) is 5.41 Å². The number of aliphatic hydroxyl groups excluding tert-OH is 1. The Morgan fingerprint density at radius 3 is 2.73 bits per heavy atom. The van der Waals surface area contributed by atoms with Gasteiger partial charge in [-0.15, -0.1) is 0 Å². The third-order valence-electron chi connectivity index (χ3n) is 2.60. The lowest BCUT2D eigenvalue weighted by Crippen LogP contribution is -2.18. The number of aromatic nitrogens is 2. The topological polar surface area (TPSA) is 48.9 Å². The highest BCUT2D eigenvalue weighted by atomic mass is 16.3. The van der Waals surface area contributed by atoms with Crippen LogP contribution in [0.3, 0.4) is 0 Å². The number of H-pyrrole nitrogens is 1. The van der Waals surface area contributed by atoms with Crippen LogP contribution in [0.15, 0.2) is 24.5 Å². The number of para-hydroxylation sites is 1. The molecule has 1 heterocycles. The maximum absolute atomic E-state index is 10.2. The zero-order valence-corrected chi connectivity index (χ0v) is 9.28. The fraction of sp³-hybridized carbons (Fsp3) is 0.417. The number of nitrogens with one attached hydrogen (secondary N) is 1. The van der Waals surface area contributed by atoms with E-state index >= 15 is 0 Å². The minimum absolute atomic E-state index is 0.173. The monoisotopic (exact) mass is 204 g/mol. The number of fused-ring (bicyclic) bond motifs is 1. The minimum atomic E-state index is -0.496. The lowest BCUT2D eigenvalue weighted by atomic mass is 9.84. The van der Waals surface area contributed by atoms with Crippen LogP contribution in [0.25, 0.3) is 11.0 Å². The molecule has 0 aliphatic carbocycles. The molecule has 1 unspecified atom stereocenters. The van der Waals surface area contributed by atoms with Crippen LogP contribution in [-0.2, 0) is 0 Å². The molecule has 0 radical (unpaired) electrons. The second kappa shape index (κ2) is 3.35. The van der Waals surface area contributed by atoms with Crippen LogP contribution in [0, 0.1) is 5.41 Å². The molecule has 15 heavy (non-hydrogen) atoms. The summed E-state index contributed by atoms with van der Waals surface area (Å²) in [4.78, 5) is 7.28. The molecule has 80 valence electrons. The van der Waals surface area contributed by atoms with Gasteiger partial charge >= 0.3 is 0 Å². The number of aliphatic hydroxyl groups is 1. The van der Waals surface area contributed by atoms with Crippen molar-refractivity contribution in [3.05, 3.63) is 30.1 Å². The number of aromatic amines is 1. The highest BCUT2D eigenvalue weighted by Crippen LogP contribution is 2.35. The van der Waals surface area contributed by atoms with Crippen molar-refractivity contribution in [2.75, 3.05) is 0 Å².